The summed E-state index contributed by atoms with van der Waals surface area (Å²) in [7, 11) is 0. The van der Waals surface area contributed by atoms with E-state index in [4.69, 9.17) is 9.47 Å². The Kier molecular flexibility index (Phi) is 20.2. The van der Waals surface area contributed by atoms with Gasteiger partial charge in [0.05, 0.1) is 12.7 Å². The van der Waals surface area contributed by atoms with E-state index in [-0.39, 0.29) is 6.10 Å². The van der Waals surface area contributed by atoms with Gasteiger partial charge in [-0.25, -0.2) is 0 Å². The molecule has 0 spiro atoms. The second kappa shape index (κ2) is 24.6. The highest BCUT2D eigenvalue weighted by Crippen LogP contribution is 2.34. The molecule has 3 aromatic carbocycles. The molecule has 254 valence electrons. The molecular formula is C44H66O2. The largest absolute Gasteiger partial charge is 0.494 e. The lowest BCUT2D eigenvalue weighted by atomic mass is 9.94. The molecule has 3 rings (SSSR count). The molecule has 0 aliphatic rings. The minimum Gasteiger partial charge on any atom is -0.494 e. The molecule has 2 nitrogen and oxygen atoms in total. The van der Waals surface area contributed by atoms with Crippen molar-refractivity contribution in [3.05, 3.63) is 78.4 Å². The molecule has 0 radical (unpaired) electrons. The average molecular weight is 627 g/mol. The van der Waals surface area contributed by atoms with Gasteiger partial charge in [-0.3, -0.25) is 0 Å². The molecule has 1 unspecified atom stereocenters. The van der Waals surface area contributed by atoms with Gasteiger partial charge < -0.3 is 9.47 Å². The Bertz CT molecular complexity index is 1130. The quantitative estimate of drug-likeness (QED) is 0.0784. The van der Waals surface area contributed by atoms with Crippen LogP contribution >= 0.6 is 0 Å². The van der Waals surface area contributed by atoms with Crippen molar-refractivity contribution in [2.45, 2.75) is 155 Å². The number of benzene rings is 3. The fraction of sp³-hybridized carbons (Fsp3) is 0.591. The Morgan fingerprint density at radius 3 is 1.28 bits per heavy atom. The zero-order valence-corrected chi connectivity index (χ0v) is 29.9. The predicted octanol–water partition coefficient (Wildman–Crippen LogP) is 14.3. The van der Waals surface area contributed by atoms with Crippen molar-refractivity contribution >= 4 is 0 Å². The number of ether oxygens (including phenoxy) is 2. The van der Waals surface area contributed by atoms with E-state index in [9.17, 15) is 0 Å². The van der Waals surface area contributed by atoms with Crippen molar-refractivity contribution in [1.82, 2.24) is 0 Å². The Morgan fingerprint density at radius 1 is 0.435 bits per heavy atom. The maximum atomic E-state index is 6.22. The third-order valence-electron chi connectivity index (χ3n) is 9.42. The van der Waals surface area contributed by atoms with Gasteiger partial charge in [0.1, 0.15) is 5.75 Å². The summed E-state index contributed by atoms with van der Waals surface area (Å²) in [6, 6.07) is 26.3. The van der Waals surface area contributed by atoms with E-state index in [2.05, 4.69) is 93.6 Å². The molecule has 3 aromatic rings. The lowest BCUT2D eigenvalue weighted by Gasteiger charge is -2.15. The summed E-state index contributed by atoms with van der Waals surface area (Å²) >= 11 is 0. The SMILES string of the molecule is CCCCCCCCCCCCCOC(C)c1ccc(-c2ccccc2-c2ccc(OCCCCCCCCCCC)cc2)cc1. The lowest BCUT2D eigenvalue weighted by Crippen LogP contribution is -2.02. The van der Waals surface area contributed by atoms with Crippen molar-refractivity contribution < 1.29 is 9.47 Å². The van der Waals surface area contributed by atoms with E-state index in [1.807, 2.05) is 0 Å². The number of rotatable bonds is 27. The zero-order chi connectivity index (χ0) is 32.5. The topological polar surface area (TPSA) is 18.5 Å². The van der Waals surface area contributed by atoms with Gasteiger partial charge in [0.2, 0.25) is 0 Å². The fourth-order valence-corrected chi connectivity index (χ4v) is 6.38. The van der Waals surface area contributed by atoms with Gasteiger partial charge in [-0.1, -0.05) is 190 Å². The van der Waals surface area contributed by atoms with Gasteiger partial charge in [0, 0.05) is 6.61 Å². The normalized spacial score (nSPS) is 12.0. The van der Waals surface area contributed by atoms with Gasteiger partial charge >= 0.3 is 0 Å². The van der Waals surface area contributed by atoms with Crippen LogP contribution in [0.25, 0.3) is 22.3 Å². The molecule has 0 saturated carbocycles. The summed E-state index contributed by atoms with van der Waals surface area (Å²) in [5, 5.41) is 0. The first-order chi connectivity index (χ1) is 22.7. The Labute approximate surface area is 283 Å². The lowest BCUT2D eigenvalue weighted by molar-refractivity contribution is 0.0627. The summed E-state index contributed by atoms with van der Waals surface area (Å²) in [6.45, 7) is 8.41. The molecule has 1 atom stereocenters. The van der Waals surface area contributed by atoms with Crippen LogP contribution in [0.5, 0.6) is 5.75 Å². The number of hydrogen-bond donors (Lipinski definition) is 0. The molecule has 0 N–H and O–H groups in total. The first kappa shape index (κ1) is 37.9. The van der Waals surface area contributed by atoms with E-state index >= 15 is 0 Å². The highest BCUT2D eigenvalue weighted by molar-refractivity contribution is 5.83. The van der Waals surface area contributed by atoms with Crippen LogP contribution < -0.4 is 4.74 Å². The molecule has 46 heavy (non-hydrogen) atoms. The maximum Gasteiger partial charge on any atom is 0.119 e. The van der Waals surface area contributed by atoms with Gasteiger partial charge in [-0.2, -0.15) is 0 Å². The monoisotopic (exact) mass is 627 g/mol. The number of hydrogen-bond acceptors (Lipinski definition) is 2. The average Bonchev–Trinajstić information content (AvgIpc) is 3.10. The third-order valence-corrected chi connectivity index (χ3v) is 9.42. The molecule has 0 heterocycles. The van der Waals surface area contributed by atoms with Crippen molar-refractivity contribution in [3.63, 3.8) is 0 Å². The molecule has 0 aliphatic heterocycles. The molecule has 2 heteroatoms. The predicted molar refractivity (Wildman–Crippen MR) is 201 cm³/mol. The minimum absolute atomic E-state index is 0.121. The van der Waals surface area contributed by atoms with Crippen molar-refractivity contribution in [1.29, 1.82) is 0 Å². The second-order valence-electron chi connectivity index (χ2n) is 13.4. The molecule has 0 bridgehead atoms. The standard InChI is InChI=1S/C44H66O2/c1-4-6-8-10-12-14-15-17-18-20-24-36-45-38(3)39-28-30-40(31-29-39)43-26-22-23-27-44(43)41-32-34-42(35-33-41)46-37-25-21-19-16-13-11-9-7-5-2/h22-23,26-35,38H,4-21,24-25,36-37H2,1-3H3. The van der Waals surface area contributed by atoms with Gasteiger partial charge in [0.15, 0.2) is 0 Å². The van der Waals surface area contributed by atoms with Gasteiger partial charge in [-0.05, 0) is 59.7 Å². The summed E-state index contributed by atoms with van der Waals surface area (Å²) < 4.78 is 12.3. The third kappa shape index (κ3) is 15.3. The zero-order valence-electron chi connectivity index (χ0n) is 29.9. The fourth-order valence-electron chi connectivity index (χ4n) is 6.38. The van der Waals surface area contributed by atoms with Crippen LogP contribution in [-0.2, 0) is 4.74 Å². The molecule has 0 amide bonds. The van der Waals surface area contributed by atoms with Crippen LogP contribution in [0.15, 0.2) is 72.8 Å². The summed E-state index contributed by atoms with van der Waals surface area (Å²) in [4.78, 5) is 0. The Hall–Kier alpha value is -2.58. The molecule has 0 aliphatic carbocycles. The van der Waals surface area contributed by atoms with Crippen LogP contribution in [0.3, 0.4) is 0 Å². The van der Waals surface area contributed by atoms with Crippen molar-refractivity contribution in [3.8, 4) is 28.0 Å². The molecule has 0 fully saturated rings. The molecule has 0 aromatic heterocycles. The van der Waals surface area contributed by atoms with Crippen LogP contribution in [0, 0.1) is 0 Å². The highest BCUT2D eigenvalue weighted by Gasteiger charge is 2.10. The summed E-state index contributed by atoms with van der Waals surface area (Å²) in [6.07, 6.45) is 27.1. The Morgan fingerprint density at radius 2 is 0.826 bits per heavy atom. The van der Waals surface area contributed by atoms with Crippen molar-refractivity contribution in [2.75, 3.05) is 13.2 Å². The summed E-state index contributed by atoms with van der Waals surface area (Å²) in [5.74, 6) is 0.965. The first-order valence-corrected chi connectivity index (χ1v) is 19.3. The van der Waals surface area contributed by atoms with Crippen LogP contribution in [0.1, 0.15) is 161 Å². The molecular weight excluding hydrogens is 560 g/mol. The van der Waals surface area contributed by atoms with E-state index in [0.717, 1.165) is 31.8 Å². The van der Waals surface area contributed by atoms with Crippen LogP contribution in [0.4, 0.5) is 0 Å². The maximum absolute atomic E-state index is 6.22. The first-order valence-electron chi connectivity index (χ1n) is 19.3. The minimum atomic E-state index is 0.121. The summed E-state index contributed by atoms with van der Waals surface area (Å²) in [5.41, 5.74) is 6.22. The van der Waals surface area contributed by atoms with Crippen molar-refractivity contribution in [2.24, 2.45) is 0 Å². The van der Waals surface area contributed by atoms with E-state index in [1.165, 1.54) is 143 Å². The van der Waals surface area contributed by atoms with Gasteiger partial charge in [0.25, 0.3) is 0 Å². The van der Waals surface area contributed by atoms with E-state index in [1.54, 1.807) is 0 Å². The Balaban J connectivity index is 1.36. The van der Waals surface area contributed by atoms with Crippen LogP contribution in [0.2, 0.25) is 0 Å². The smallest absolute Gasteiger partial charge is 0.119 e. The van der Waals surface area contributed by atoms with E-state index < -0.39 is 0 Å². The highest BCUT2D eigenvalue weighted by atomic mass is 16.5. The van der Waals surface area contributed by atoms with E-state index in [0.29, 0.717) is 0 Å². The van der Waals surface area contributed by atoms with Gasteiger partial charge in [-0.15, -0.1) is 0 Å². The number of unbranched alkanes of at least 4 members (excludes halogenated alkanes) is 18. The second-order valence-corrected chi connectivity index (χ2v) is 13.4. The van der Waals surface area contributed by atoms with Crippen LogP contribution in [-0.4, -0.2) is 13.2 Å². The molecule has 0 saturated heterocycles.